The first kappa shape index (κ1) is 13.6. The van der Waals surface area contributed by atoms with E-state index in [0.29, 0.717) is 0 Å². The fraction of sp³-hybridized carbons (Fsp3) is 0.444. The Hall–Kier alpha value is -2.45. The predicted molar refractivity (Wildman–Crippen MR) is 58.7 cm³/mol. The van der Waals surface area contributed by atoms with Crippen LogP contribution in [0.15, 0.2) is 12.4 Å². The largest absolute Gasteiger partial charge is 0.481 e. The zero-order valence-corrected chi connectivity index (χ0v) is 9.57. The van der Waals surface area contributed by atoms with Crippen LogP contribution in [0.5, 0.6) is 0 Å². The number of nitrogens with one attached hydrogen (secondary N) is 1. The Morgan fingerprint density at radius 1 is 1.67 bits per heavy atom. The molecule has 1 amide bonds. The first-order chi connectivity index (χ1) is 8.38. The third-order valence-electron chi connectivity index (χ3n) is 2.02. The SMILES string of the molecule is CC(CC(=O)O)NC(=O)Cn1cc([N+](=O)[O-])cn1. The number of nitrogens with zero attached hydrogens (tertiary/aromatic N) is 3. The summed E-state index contributed by atoms with van der Waals surface area (Å²) in [4.78, 5) is 31.6. The molecule has 0 radical (unpaired) electrons. The number of carbonyl (C=O) groups is 2. The quantitative estimate of drug-likeness (QED) is 0.534. The zero-order valence-electron chi connectivity index (χ0n) is 9.57. The fourth-order valence-corrected chi connectivity index (χ4v) is 1.31. The average molecular weight is 256 g/mol. The van der Waals surface area contributed by atoms with E-state index in [1.807, 2.05) is 0 Å². The van der Waals surface area contributed by atoms with Crippen molar-refractivity contribution >= 4 is 17.6 Å². The molecule has 18 heavy (non-hydrogen) atoms. The molecule has 9 heteroatoms. The van der Waals surface area contributed by atoms with E-state index in [2.05, 4.69) is 10.4 Å². The van der Waals surface area contributed by atoms with E-state index in [1.165, 1.54) is 0 Å². The topological polar surface area (TPSA) is 127 Å². The third-order valence-corrected chi connectivity index (χ3v) is 2.02. The van der Waals surface area contributed by atoms with Crippen molar-refractivity contribution in [2.24, 2.45) is 0 Å². The molecule has 1 aromatic rings. The van der Waals surface area contributed by atoms with Crippen LogP contribution < -0.4 is 5.32 Å². The lowest BCUT2D eigenvalue weighted by molar-refractivity contribution is -0.385. The number of amides is 1. The van der Waals surface area contributed by atoms with Crippen LogP contribution in [0.1, 0.15) is 13.3 Å². The number of aromatic nitrogens is 2. The number of carboxylic acid groups (broad SMARTS) is 1. The molecule has 0 spiro atoms. The van der Waals surface area contributed by atoms with Gasteiger partial charge < -0.3 is 10.4 Å². The van der Waals surface area contributed by atoms with Crippen molar-refractivity contribution in [2.75, 3.05) is 0 Å². The number of carbonyl (C=O) groups excluding carboxylic acids is 1. The number of nitro groups is 1. The standard InChI is InChI=1S/C9H12N4O5/c1-6(2-9(15)16)11-8(14)5-12-4-7(3-10-12)13(17)18/h3-4,6H,2,5H2,1H3,(H,11,14)(H,15,16). The highest BCUT2D eigenvalue weighted by Gasteiger charge is 2.14. The van der Waals surface area contributed by atoms with Crippen LogP contribution in [-0.2, 0) is 16.1 Å². The highest BCUT2D eigenvalue weighted by Crippen LogP contribution is 2.07. The maximum atomic E-state index is 11.4. The number of aliphatic carboxylic acids is 1. The van der Waals surface area contributed by atoms with E-state index in [4.69, 9.17) is 5.11 Å². The molecule has 98 valence electrons. The molecule has 1 aromatic heterocycles. The predicted octanol–water partition coefficient (Wildman–Crippen LogP) is -0.229. The number of rotatable bonds is 6. The summed E-state index contributed by atoms with van der Waals surface area (Å²) in [5.41, 5.74) is -0.207. The molecule has 1 atom stereocenters. The molecule has 0 aliphatic carbocycles. The Kier molecular flexibility index (Phi) is 4.35. The monoisotopic (exact) mass is 256 g/mol. The summed E-state index contributed by atoms with van der Waals surface area (Å²) in [5, 5.41) is 25.0. The van der Waals surface area contributed by atoms with E-state index >= 15 is 0 Å². The first-order valence-corrected chi connectivity index (χ1v) is 5.06. The highest BCUT2D eigenvalue weighted by molar-refractivity contribution is 5.77. The fourth-order valence-electron chi connectivity index (χ4n) is 1.31. The van der Waals surface area contributed by atoms with E-state index in [1.54, 1.807) is 6.92 Å². The molecule has 1 heterocycles. The molecule has 0 saturated carbocycles. The maximum Gasteiger partial charge on any atom is 0.307 e. The Morgan fingerprint density at radius 3 is 2.83 bits per heavy atom. The molecule has 1 rings (SSSR count). The van der Waals surface area contributed by atoms with Gasteiger partial charge in [0.2, 0.25) is 5.91 Å². The first-order valence-electron chi connectivity index (χ1n) is 5.06. The Balaban J connectivity index is 2.48. The van der Waals surface area contributed by atoms with Crippen molar-refractivity contribution in [1.29, 1.82) is 0 Å². The minimum Gasteiger partial charge on any atom is -0.481 e. The smallest absolute Gasteiger partial charge is 0.307 e. The Bertz CT molecular complexity index is 469. The van der Waals surface area contributed by atoms with Gasteiger partial charge in [-0.15, -0.1) is 0 Å². The lowest BCUT2D eigenvalue weighted by Crippen LogP contribution is -2.36. The van der Waals surface area contributed by atoms with Gasteiger partial charge >= 0.3 is 11.7 Å². The van der Waals surface area contributed by atoms with Crippen LogP contribution in [0.4, 0.5) is 5.69 Å². The van der Waals surface area contributed by atoms with Gasteiger partial charge in [0.25, 0.3) is 0 Å². The van der Waals surface area contributed by atoms with Crippen molar-refractivity contribution in [1.82, 2.24) is 15.1 Å². The minimum atomic E-state index is -1.02. The molecule has 0 aromatic carbocycles. The second-order valence-corrected chi connectivity index (χ2v) is 3.72. The van der Waals surface area contributed by atoms with Crippen molar-refractivity contribution in [2.45, 2.75) is 25.9 Å². The molecular weight excluding hydrogens is 244 g/mol. The molecule has 2 N–H and O–H groups in total. The van der Waals surface area contributed by atoms with Crippen LogP contribution in [0.25, 0.3) is 0 Å². The van der Waals surface area contributed by atoms with Crippen molar-refractivity contribution < 1.29 is 19.6 Å². The van der Waals surface area contributed by atoms with Gasteiger partial charge in [-0.1, -0.05) is 0 Å². The van der Waals surface area contributed by atoms with Gasteiger partial charge in [-0.3, -0.25) is 24.4 Å². The molecule has 0 bridgehead atoms. The average Bonchev–Trinajstić information content (AvgIpc) is 2.63. The number of hydrogen-bond donors (Lipinski definition) is 2. The zero-order chi connectivity index (χ0) is 13.7. The molecule has 0 fully saturated rings. The van der Waals surface area contributed by atoms with E-state index in [-0.39, 0.29) is 18.7 Å². The van der Waals surface area contributed by atoms with Gasteiger partial charge in [0, 0.05) is 6.04 Å². The normalized spacial score (nSPS) is 11.8. The number of hydrogen-bond acceptors (Lipinski definition) is 5. The molecule has 0 saturated heterocycles. The summed E-state index contributed by atoms with van der Waals surface area (Å²) < 4.78 is 1.11. The summed E-state index contributed by atoms with van der Waals surface area (Å²) in [7, 11) is 0. The molecule has 0 aliphatic heterocycles. The maximum absolute atomic E-state index is 11.4. The summed E-state index contributed by atoms with van der Waals surface area (Å²) in [6.45, 7) is 1.36. The van der Waals surface area contributed by atoms with Crippen molar-refractivity contribution in [3.8, 4) is 0 Å². The Morgan fingerprint density at radius 2 is 2.33 bits per heavy atom. The lowest BCUT2D eigenvalue weighted by Gasteiger charge is -2.11. The highest BCUT2D eigenvalue weighted by atomic mass is 16.6. The summed E-state index contributed by atoms with van der Waals surface area (Å²) in [6.07, 6.45) is 1.97. The summed E-state index contributed by atoms with van der Waals surface area (Å²) in [5.74, 6) is -1.47. The summed E-state index contributed by atoms with van der Waals surface area (Å²) >= 11 is 0. The molecule has 1 unspecified atom stereocenters. The minimum absolute atomic E-state index is 0.189. The van der Waals surface area contributed by atoms with E-state index in [9.17, 15) is 19.7 Å². The molecule has 9 nitrogen and oxygen atoms in total. The van der Waals surface area contributed by atoms with Crippen molar-refractivity contribution in [3.63, 3.8) is 0 Å². The third kappa shape index (κ3) is 4.20. The molecule has 0 aliphatic rings. The van der Waals surface area contributed by atoms with Gasteiger partial charge in [0.15, 0.2) is 0 Å². The van der Waals surface area contributed by atoms with Gasteiger partial charge in [-0.05, 0) is 6.92 Å². The lowest BCUT2D eigenvalue weighted by atomic mass is 10.2. The van der Waals surface area contributed by atoms with E-state index < -0.39 is 22.8 Å². The van der Waals surface area contributed by atoms with Gasteiger partial charge in [0.05, 0.1) is 11.3 Å². The van der Waals surface area contributed by atoms with Crippen molar-refractivity contribution in [3.05, 3.63) is 22.5 Å². The Labute approximate surface area is 102 Å². The van der Waals surface area contributed by atoms with Crippen LogP contribution >= 0.6 is 0 Å². The van der Waals surface area contributed by atoms with Gasteiger partial charge in [0.1, 0.15) is 18.9 Å². The van der Waals surface area contributed by atoms with E-state index in [0.717, 1.165) is 17.1 Å². The van der Waals surface area contributed by atoms with Crippen LogP contribution in [0, 0.1) is 10.1 Å². The molecular formula is C9H12N4O5. The van der Waals surface area contributed by atoms with Gasteiger partial charge in [-0.25, -0.2) is 0 Å². The van der Waals surface area contributed by atoms with Gasteiger partial charge in [-0.2, -0.15) is 5.10 Å². The second-order valence-electron chi connectivity index (χ2n) is 3.72. The van der Waals surface area contributed by atoms with Crippen LogP contribution in [0.2, 0.25) is 0 Å². The van der Waals surface area contributed by atoms with Crippen LogP contribution in [0.3, 0.4) is 0 Å². The number of carboxylic acids is 1. The summed E-state index contributed by atoms with van der Waals surface area (Å²) in [6, 6.07) is -0.513. The van der Waals surface area contributed by atoms with Crippen LogP contribution in [-0.4, -0.2) is 37.7 Å². The second kappa shape index (κ2) is 5.75.